The Morgan fingerprint density at radius 1 is 1.24 bits per heavy atom. The third-order valence-corrected chi connectivity index (χ3v) is 5.10. The Bertz CT molecular complexity index is 531. The smallest absolute Gasteiger partial charge is 0.113 e. The van der Waals surface area contributed by atoms with E-state index in [0.717, 1.165) is 25.4 Å². The van der Waals surface area contributed by atoms with Gasteiger partial charge in [-0.2, -0.15) is 0 Å². The Morgan fingerprint density at radius 2 is 1.94 bits per heavy atom. The van der Waals surface area contributed by atoms with Crippen LogP contribution in [0.4, 0.5) is 0 Å². The van der Waals surface area contributed by atoms with Crippen molar-refractivity contribution >= 4 is 38.9 Å². The van der Waals surface area contributed by atoms with Gasteiger partial charge in [-0.1, -0.05) is 17.7 Å². The van der Waals surface area contributed by atoms with Gasteiger partial charge >= 0.3 is 0 Å². The summed E-state index contributed by atoms with van der Waals surface area (Å²) >= 11 is 10.9. The molecular weight excluding hydrogens is 320 g/mol. The van der Waals surface area contributed by atoms with Crippen LogP contribution in [0.5, 0.6) is 0 Å². The van der Waals surface area contributed by atoms with Gasteiger partial charge in [0.1, 0.15) is 6.10 Å². The van der Waals surface area contributed by atoms with Gasteiger partial charge in [0, 0.05) is 9.90 Å². The molecule has 0 spiro atoms. The number of hydrogen-bond donors (Lipinski definition) is 1. The van der Waals surface area contributed by atoms with Crippen LogP contribution >= 0.6 is 38.9 Å². The van der Waals surface area contributed by atoms with E-state index in [4.69, 9.17) is 11.6 Å². The first kappa shape index (κ1) is 13.1. The highest BCUT2D eigenvalue weighted by atomic mass is 79.9. The summed E-state index contributed by atoms with van der Waals surface area (Å²) in [5, 5.41) is 11.0. The van der Waals surface area contributed by atoms with E-state index in [0.29, 0.717) is 5.02 Å². The van der Waals surface area contributed by atoms with Crippen molar-refractivity contribution in [2.75, 3.05) is 0 Å². The minimum atomic E-state index is -0.581. The van der Waals surface area contributed by atoms with Crippen LogP contribution in [0.3, 0.4) is 0 Å². The van der Waals surface area contributed by atoms with Crippen molar-refractivity contribution in [1.29, 1.82) is 0 Å². The van der Waals surface area contributed by atoms with Crippen molar-refractivity contribution < 1.29 is 5.11 Å². The van der Waals surface area contributed by atoms with E-state index >= 15 is 0 Å². The van der Waals surface area contributed by atoms with E-state index in [1.165, 1.54) is 0 Å². The molecule has 2 aromatic rings. The molecule has 4 heteroatoms. The fourth-order valence-corrected chi connectivity index (χ4v) is 3.52. The van der Waals surface area contributed by atoms with Crippen LogP contribution in [-0.2, 0) is 0 Å². The summed E-state index contributed by atoms with van der Waals surface area (Å²) in [4.78, 5) is 0.944. The van der Waals surface area contributed by atoms with E-state index < -0.39 is 6.10 Å². The molecule has 1 nitrogen and oxygen atoms in total. The first-order chi connectivity index (χ1) is 7.99. The second-order valence-electron chi connectivity index (χ2n) is 4.01. The zero-order valence-electron chi connectivity index (χ0n) is 9.50. The van der Waals surface area contributed by atoms with Crippen LogP contribution in [0.15, 0.2) is 28.1 Å². The quantitative estimate of drug-likeness (QED) is 0.833. The molecule has 0 fully saturated rings. The predicted molar refractivity (Wildman–Crippen MR) is 77.0 cm³/mol. The molecule has 0 amide bonds. The Kier molecular flexibility index (Phi) is 3.93. The molecule has 1 atom stereocenters. The largest absolute Gasteiger partial charge is 0.383 e. The molecule has 1 heterocycles. The normalized spacial score (nSPS) is 12.8. The maximum atomic E-state index is 10.3. The van der Waals surface area contributed by atoms with Crippen molar-refractivity contribution in [3.63, 3.8) is 0 Å². The van der Waals surface area contributed by atoms with Gasteiger partial charge < -0.3 is 5.11 Å². The van der Waals surface area contributed by atoms with Crippen LogP contribution < -0.4 is 0 Å². The lowest BCUT2D eigenvalue weighted by atomic mass is 10.0. The summed E-state index contributed by atoms with van der Waals surface area (Å²) in [6, 6.07) is 7.57. The molecule has 0 aliphatic rings. The fourth-order valence-electron chi connectivity index (χ4n) is 1.72. The van der Waals surface area contributed by atoms with E-state index in [-0.39, 0.29) is 0 Å². The minimum Gasteiger partial charge on any atom is -0.383 e. The second kappa shape index (κ2) is 5.11. The van der Waals surface area contributed by atoms with Crippen LogP contribution in [0.25, 0.3) is 0 Å². The predicted octanol–water partition coefficient (Wildman–Crippen LogP) is 4.86. The maximum absolute atomic E-state index is 10.3. The topological polar surface area (TPSA) is 20.2 Å². The number of aliphatic hydroxyl groups excluding tert-OH is 1. The molecule has 0 saturated carbocycles. The lowest BCUT2D eigenvalue weighted by molar-refractivity contribution is 0.223. The molecule has 0 saturated heterocycles. The number of halogens is 2. The van der Waals surface area contributed by atoms with Gasteiger partial charge in [0.2, 0.25) is 0 Å². The van der Waals surface area contributed by atoms with Gasteiger partial charge in [0.25, 0.3) is 0 Å². The molecule has 0 bridgehead atoms. The third-order valence-electron chi connectivity index (χ3n) is 2.67. The second-order valence-corrected chi connectivity index (χ2v) is 6.85. The molecule has 2 rings (SSSR count). The molecule has 17 heavy (non-hydrogen) atoms. The average molecular weight is 332 g/mol. The van der Waals surface area contributed by atoms with Crippen molar-refractivity contribution in [2.45, 2.75) is 20.0 Å². The number of benzene rings is 1. The van der Waals surface area contributed by atoms with Crippen molar-refractivity contribution in [1.82, 2.24) is 0 Å². The maximum Gasteiger partial charge on any atom is 0.113 e. The van der Waals surface area contributed by atoms with Crippen molar-refractivity contribution in [2.24, 2.45) is 0 Å². The molecule has 1 aromatic carbocycles. The van der Waals surface area contributed by atoms with Gasteiger partial charge in [0.05, 0.1) is 3.79 Å². The lowest BCUT2D eigenvalue weighted by Gasteiger charge is -2.12. The van der Waals surface area contributed by atoms with Crippen LogP contribution in [0, 0.1) is 13.8 Å². The zero-order valence-corrected chi connectivity index (χ0v) is 12.7. The van der Waals surface area contributed by atoms with Crippen LogP contribution in [0.1, 0.15) is 27.7 Å². The summed E-state index contributed by atoms with van der Waals surface area (Å²) in [5.41, 5.74) is 3.06. The Hall–Kier alpha value is -0.350. The number of thiophene rings is 1. The zero-order chi connectivity index (χ0) is 12.6. The SMILES string of the molecule is Cc1cc(Cl)ccc1C(O)c1cc(C)c(Br)s1. The van der Waals surface area contributed by atoms with E-state index in [9.17, 15) is 5.11 Å². The Labute approximate surface area is 118 Å². The number of rotatable bonds is 2. The summed E-state index contributed by atoms with van der Waals surface area (Å²) in [5.74, 6) is 0. The Morgan fingerprint density at radius 3 is 2.47 bits per heavy atom. The highest BCUT2D eigenvalue weighted by Gasteiger charge is 2.16. The molecule has 1 unspecified atom stereocenters. The molecule has 0 radical (unpaired) electrons. The molecule has 1 N–H and O–H groups in total. The molecule has 1 aromatic heterocycles. The molecule has 0 aliphatic heterocycles. The highest BCUT2D eigenvalue weighted by Crippen LogP contribution is 2.35. The summed E-state index contributed by atoms with van der Waals surface area (Å²) in [7, 11) is 0. The van der Waals surface area contributed by atoms with E-state index in [1.54, 1.807) is 11.3 Å². The fraction of sp³-hybridized carbons (Fsp3) is 0.231. The van der Waals surface area contributed by atoms with Gasteiger partial charge in [-0.15, -0.1) is 11.3 Å². The molecule has 0 aliphatic carbocycles. The monoisotopic (exact) mass is 330 g/mol. The molecular formula is C13H12BrClOS. The van der Waals surface area contributed by atoms with Crippen LogP contribution in [0.2, 0.25) is 5.02 Å². The average Bonchev–Trinajstić information content (AvgIpc) is 2.58. The summed E-state index contributed by atoms with van der Waals surface area (Å²) in [6.07, 6.45) is -0.581. The number of aryl methyl sites for hydroxylation is 2. The number of aliphatic hydroxyl groups is 1. The molecule has 90 valence electrons. The summed E-state index contributed by atoms with van der Waals surface area (Å²) in [6.45, 7) is 3.98. The van der Waals surface area contributed by atoms with Gasteiger partial charge in [-0.3, -0.25) is 0 Å². The lowest BCUT2D eigenvalue weighted by Crippen LogP contribution is -1.99. The van der Waals surface area contributed by atoms with Gasteiger partial charge in [-0.05, 0) is 64.7 Å². The Balaban J connectivity index is 2.39. The first-order valence-electron chi connectivity index (χ1n) is 5.19. The highest BCUT2D eigenvalue weighted by molar-refractivity contribution is 9.11. The summed E-state index contributed by atoms with van der Waals surface area (Å²) < 4.78 is 1.07. The van der Waals surface area contributed by atoms with Gasteiger partial charge in [-0.25, -0.2) is 0 Å². The van der Waals surface area contributed by atoms with Crippen LogP contribution in [-0.4, -0.2) is 5.11 Å². The van der Waals surface area contributed by atoms with Gasteiger partial charge in [0.15, 0.2) is 0 Å². The van der Waals surface area contributed by atoms with Crippen molar-refractivity contribution in [3.8, 4) is 0 Å². The number of hydrogen-bond acceptors (Lipinski definition) is 2. The standard InChI is InChI=1S/C13H12BrClOS/c1-7-5-9(15)3-4-10(7)12(16)11-6-8(2)13(14)17-11/h3-6,12,16H,1-2H3. The van der Waals surface area contributed by atoms with E-state index in [2.05, 4.69) is 15.9 Å². The first-order valence-corrected chi connectivity index (χ1v) is 7.17. The minimum absolute atomic E-state index is 0.581. The van der Waals surface area contributed by atoms with Crippen molar-refractivity contribution in [3.05, 3.63) is 54.6 Å². The third kappa shape index (κ3) is 2.74. The van der Waals surface area contributed by atoms with E-state index in [1.807, 2.05) is 38.1 Å².